The molecule has 0 aromatic heterocycles. The molecular weight excluding hydrogens is 133 g/mol. The summed E-state index contributed by atoms with van der Waals surface area (Å²) in [7, 11) is 0. The van der Waals surface area contributed by atoms with Gasteiger partial charge < -0.3 is 0 Å². The number of halogens is 3. The molecule has 0 saturated carbocycles. The maximum atomic E-state index is 10.6. The first-order valence-corrected chi connectivity index (χ1v) is 2.18. The van der Waals surface area contributed by atoms with E-state index in [1.165, 1.54) is 0 Å². The van der Waals surface area contributed by atoms with Crippen molar-refractivity contribution in [1.82, 2.24) is 0 Å². The molecule has 2 nitrogen and oxygen atoms in total. The summed E-state index contributed by atoms with van der Waals surface area (Å²) in [6.07, 6.45) is 0. The van der Waals surface area contributed by atoms with Crippen molar-refractivity contribution < 1.29 is 21.9 Å². The molecule has 0 spiro atoms. The third kappa shape index (κ3) is 2.58. The molecule has 0 aromatic carbocycles. The van der Waals surface area contributed by atoms with E-state index in [0.717, 1.165) is 0 Å². The molecular formula is CF3O2S. The van der Waals surface area contributed by atoms with Crippen molar-refractivity contribution in [1.29, 1.82) is 0 Å². The van der Waals surface area contributed by atoms with Crippen LogP contribution in [-0.4, -0.2) is 9.72 Å². The summed E-state index contributed by atoms with van der Waals surface area (Å²) in [6, 6.07) is 0. The third-order valence-corrected chi connectivity index (χ3v) is 0.567. The summed E-state index contributed by atoms with van der Waals surface area (Å²) in [5, 5.41) is 0. The Bertz CT molecular complexity index is 85.4. The molecule has 0 bridgehead atoms. The van der Waals surface area contributed by atoms with Crippen LogP contribution < -0.4 is 0 Å². The lowest BCUT2D eigenvalue weighted by atomic mass is 11.6. The lowest BCUT2D eigenvalue weighted by Gasteiger charge is -1.92. The summed E-state index contributed by atoms with van der Waals surface area (Å²) in [6.45, 7) is 0. The van der Waals surface area contributed by atoms with Crippen molar-refractivity contribution in [3.63, 3.8) is 0 Å². The average molecular weight is 133 g/mol. The summed E-state index contributed by atoms with van der Waals surface area (Å²) >= 11 is -3.93. The van der Waals surface area contributed by atoms with E-state index in [4.69, 9.17) is 8.76 Å². The van der Waals surface area contributed by atoms with Gasteiger partial charge >= 0.3 is 5.51 Å². The third-order valence-electron chi connectivity index (χ3n) is 0.189. The molecule has 1 unspecified atom stereocenters. The van der Waals surface area contributed by atoms with Crippen LogP contribution in [0.1, 0.15) is 0 Å². The minimum Gasteiger partial charge on any atom is -0.217 e. The second-order valence-electron chi connectivity index (χ2n) is 0.680. The van der Waals surface area contributed by atoms with Gasteiger partial charge in [0.1, 0.15) is 0 Å². The van der Waals surface area contributed by atoms with Gasteiger partial charge in [-0.1, -0.05) is 0 Å². The van der Waals surface area contributed by atoms with Crippen molar-refractivity contribution in [3.05, 3.63) is 0 Å². The predicted octanol–water partition coefficient (Wildman–Crippen LogP) is 0.600. The van der Waals surface area contributed by atoms with E-state index in [1.54, 1.807) is 0 Å². The number of hydrogen-bond donors (Lipinski definition) is 0. The normalized spacial score (nSPS) is 16.6. The number of rotatable bonds is 0. The molecule has 0 aromatic rings. The highest BCUT2D eigenvalue weighted by atomic mass is 32.2. The summed E-state index contributed by atoms with van der Waals surface area (Å²) < 4.78 is 49.5. The van der Waals surface area contributed by atoms with Crippen molar-refractivity contribution in [2.75, 3.05) is 0 Å². The molecule has 1 radical (unpaired) electrons. The number of hydrogen-bond acceptors (Lipinski definition) is 1. The lowest BCUT2D eigenvalue weighted by Crippen LogP contribution is -2.12. The van der Waals surface area contributed by atoms with Crippen LogP contribution in [0.2, 0.25) is 0 Å². The molecule has 1 atom stereocenters. The fraction of sp³-hybridized carbons (Fsp3) is 1.00. The zero-order valence-corrected chi connectivity index (χ0v) is 3.68. The van der Waals surface area contributed by atoms with E-state index in [9.17, 15) is 13.2 Å². The Morgan fingerprint density at radius 2 is 1.43 bits per heavy atom. The SMILES string of the molecule is [O]S(=O)C(F)(F)F. The Balaban J connectivity index is 3.79. The topological polar surface area (TPSA) is 37.0 Å². The van der Waals surface area contributed by atoms with Gasteiger partial charge in [0.2, 0.25) is 0 Å². The zero-order chi connectivity index (χ0) is 6.08. The molecule has 0 heterocycles. The molecule has 0 rings (SSSR count). The van der Waals surface area contributed by atoms with Crippen LogP contribution in [0.4, 0.5) is 13.2 Å². The fourth-order valence-electron chi connectivity index (χ4n) is 0. The van der Waals surface area contributed by atoms with Crippen molar-refractivity contribution in [2.45, 2.75) is 5.51 Å². The van der Waals surface area contributed by atoms with Gasteiger partial charge in [0, 0.05) is 0 Å². The van der Waals surface area contributed by atoms with Crippen LogP contribution in [0, 0.1) is 0 Å². The van der Waals surface area contributed by atoms with Crippen molar-refractivity contribution in [3.8, 4) is 0 Å². The molecule has 0 aliphatic carbocycles. The molecule has 0 N–H and O–H groups in total. The Kier molecular flexibility index (Phi) is 1.76. The summed E-state index contributed by atoms with van der Waals surface area (Å²) in [4.78, 5) is 0. The van der Waals surface area contributed by atoms with Crippen LogP contribution in [0.25, 0.3) is 0 Å². The minimum atomic E-state index is -5.08. The van der Waals surface area contributed by atoms with E-state index in [2.05, 4.69) is 0 Å². The van der Waals surface area contributed by atoms with Crippen LogP contribution >= 0.6 is 0 Å². The van der Waals surface area contributed by atoms with Crippen molar-refractivity contribution >= 4 is 11.1 Å². The molecule has 43 valence electrons. The van der Waals surface area contributed by atoms with E-state index >= 15 is 0 Å². The van der Waals surface area contributed by atoms with Gasteiger partial charge in [-0.2, -0.15) is 13.2 Å². The first-order chi connectivity index (χ1) is 2.94. The first kappa shape index (κ1) is 6.90. The van der Waals surface area contributed by atoms with Gasteiger partial charge in [-0.3, -0.25) is 0 Å². The zero-order valence-electron chi connectivity index (χ0n) is 2.86. The molecule has 0 amide bonds. The maximum absolute atomic E-state index is 10.6. The fourth-order valence-corrected chi connectivity index (χ4v) is 0. The van der Waals surface area contributed by atoms with Crippen LogP contribution in [0.15, 0.2) is 0 Å². The monoisotopic (exact) mass is 133 g/mol. The lowest BCUT2D eigenvalue weighted by molar-refractivity contribution is -0.0467. The van der Waals surface area contributed by atoms with Gasteiger partial charge in [0.15, 0.2) is 0 Å². The highest BCUT2D eigenvalue weighted by molar-refractivity contribution is 7.79. The van der Waals surface area contributed by atoms with E-state index < -0.39 is 16.6 Å². The van der Waals surface area contributed by atoms with Crippen LogP contribution in [-0.2, 0) is 15.6 Å². The molecule has 7 heavy (non-hydrogen) atoms. The Labute approximate surface area is 39.6 Å². The smallest absolute Gasteiger partial charge is 0.217 e. The van der Waals surface area contributed by atoms with Gasteiger partial charge in [-0.25, -0.2) is 4.21 Å². The summed E-state index contributed by atoms with van der Waals surface area (Å²) in [5.41, 5.74) is -5.08. The standard InChI is InChI=1S/CF3O2S/c2-1(3,4)7(5)6. The molecule has 0 aliphatic rings. The Morgan fingerprint density at radius 1 is 1.29 bits per heavy atom. The highest BCUT2D eigenvalue weighted by Gasteiger charge is 2.37. The first-order valence-electron chi connectivity index (χ1n) is 1.10. The van der Waals surface area contributed by atoms with Crippen LogP contribution in [0.3, 0.4) is 0 Å². The second-order valence-corrected chi connectivity index (χ2v) is 1.61. The van der Waals surface area contributed by atoms with Gasteiger partial charge in [0.25, 0.3) is 11.1 Å². The highest BCUT2D eigenvalue weighted by Crippen LogP contribution is 2.17. The van der Waals surface area contributed by atoms with E-state index in [-0.39, 0.29) is 0 Å². The largest absolute Gasteiger partial charge is 0.499 e. The van der Waals surface area contributed by atoms with Gasteiger partial charge in [-0.05, 0) is 0 Å². The van der Waals surface area contributed by atoms with Crippen molar-refractivity contribution in [2.24, 2.45) is 0 Å². The Morgan fingerprint density at radius 3 is 1.43 bits per heavy atom. The van der Waals surface area contributed by atoms with E-state index in [0.29, 0.717) is 0 Å². The Hall–Kier alpha value is -0.100. The average Bonchev–Trinajstić information content (AvgIpc) is 1.31. The van der Waals surface area contributed by atoms with Gasteiger partial charge in [-0.15, -0.1) is 4.55 Å². The van der Waals surface area contributed by atoms with E-state index in [1.807, 2.05) is 0 Å². The molecule has 6 heteroatoms. The van der Waals surface area contributed by atoms with Gasteiger partial charge in [0.05, 0.1) is 0 Å². The molecule has 0 saturated heterocycles. The maximum Gasteiger partial charge on any atom is 0.499 e. The predicted molar refractivity (Wildman–Crippen MR) is 14.9 cm³/mol. The number of alkyl halides is 3. The van der Waals surface area contributed by atoms with Crippen LogP contribution in [0.5, 0.6) is 0 Å². The molecule has 0 fully saturated rings. The summed E-state index contributed by atoms with van der Waals surface area (Å²) in [5.74, 6) is 0. The minimum absolute atomic E-state index is 3.93. The molecule has 0 aliphatic heterocycles. The second kappa shape index (κ2) is 1.79. The quantitative estimate of drug-likeness (QED) is 0.476.